The Morgan fingerprint density at radius 3 is 2.16 bits per heavy atom. The van der Waals surface area contributed by atoms with Gasteiger partial charge in [0.05, 0.1) is 10.6 Å². The topological polar surface area (TPSA) is 121 Å². The number of rotatable bonds is 6. The van der Waals surface area contributed by atoms with Crippen molar-refractivity contribution in [2.45, 2.75) is 23.6 Å². The molecule has 1 heterocycles. The zero-order chi connectivity index (χ0) is 18.4. The van der Waals surface area contributed by atoms with Gasteiger partial charge in [-0.1, -0.05) is 26.0 Å². The fraction of sp³-hybridized carbons (Fsp3) is 0.267. The summed E-state index contributed by atoms with van der Waals surface area (Å²) < 4.78 is 54.9. The third-order valence-electron chi connectivity index (χ3n) is 3.82. The number of nitrogens with one attached hydrogen (secondary N) is 3. The van der Waals surface area contributed by atoms with Crippen molar-refractivity contribution in [3.8, 4) is 0 Å². The van der Waals surface area contributed by atoms with Crippen molar-refractivity contribution < 1.29 is 21.6 Å². The van der Waals surface area contributed by atoms with E-state index in [2.05, 4.69) is 14.8 Å². The van der Waals surface area contributed by atoms with Crippen LogP contribution in [-0.2, 0) is 20.0 Å². The fourth-order valence-electron chi connectivity index (χ4n) is 2.88. The summed E-state index contributed by atoms with van der Waals surface area (Å²) in [5.41, 5.74) is 0.348. The minimum Gasteiger partial charge on any atom is -0.320 e. The van der Waals surface area contributed by atoms with Crippen LogP contribution in [0.4, 0.5) is 5.69 Å². The molecule has 2 aromatic rings. The highest BCUT2D eigenvalue weighted by atomic mass is 32.2. The molecule has 0 saturated heterocycles. The Morgan fingerprint density at radius 2 is 1.56 bits per heavy atom. The first-order valence-corrected chi connectivity index (χ1v) is 10.6. The highest BCUT2D eigenvalue weighted by molar-refractivity contribution is 7.90. The molecule has 0 atom stereocenters. The number of anilines is 1. The van der Waals surface area contributed by atoms with E-state index in [1.165, 1.54) is 6.07 Å². The highest BCUT2D eigenvalue weighted by Crippen LogP contribution is 2.41. The summed E-state index contributed by atoms with van der Waals surface area (Å²) in [6.07, 6.45) is 0. The number of benzene rings is 2. The van der Waals surface area contributed by atoms with E-state index in [0.717, 1.165) is 6.07 Å². The molecule has 0 unspecified atom stereocenters. The van der Waals surface area contributed by atoms with Gasteiger partial charge in [-0.15, -0.1) is 0 Å². The summed E-state index contributed by atoms with van der Waals surface area (Å²) >= 11 is 0. The van der Waals surface area contributed by atoms with Gasteiger partial charge >= 0.3 is 0 Å². The molecule has 3 N–H and O–H groups in total. The van der Waals surface area contributed by atoms with E-state index < -0.39 is 26.0 Å². The van der Waals surface area contributed by atoms with Gasteiger partial charge < -0.3 is 5.32 Å². The average Bonchev–Trinajstić information content (AvgIpc) is 2.86. The van der Waals surface area contributed by atoms with E-state index in [0.29, 0.717) is 10.8 Å². The molecule has 134 valence electrons. The van der Waals surface area contributed by atoms with Gasteiger partial charge in [-0.3, -0.25) is 4.79 Å². The van der Waals surface area contributed by atoms with Crippen LogP contribution in [0.15, 0.2) is 34.1 Å². The maximum Gasteiger partial charge on any atom is 0.256 e. The van der Waals surface area contributed by atoms with Gasteiger partial charge in [0, 0.05) is 29.4 Å². The van der Waals surface area contributed by atoms with Crippen LogP contribution in [0.1, 0.15) is 24.2 Å². The Labute approximate surface area is 145 Å². The second-order valence-corrected chi connectivity index (χ2v) is 8.90. The molecule has 1 aliphatic heterocycles. The first-order chi connectivity index (χ1) is 11.7. The predicted octanol–water partition coefficient (Wildman–Crippen LogP) is 1.00. The van der Waals surface area contributed by atoms with Gasteiger partial charge in [0.15, 0.2) is 0 Å². The molecule has 0 fully saturated rings. The molecular formula is C15H17N3O5S2. The van der Waals surface area contributed by atoms with Crippen LogP contribution in [-0.4, -0.2) is 35.8 Å². The van der Waals surface area contributed by atoms with Crippen LogP contribution in [0.25, 0.3) is 10.8 Å². The Morgan fingerprint density at radius 1 is 0.960 bits per heavy atom. The lowest BCUT2D eigenvalue weighted by molar-refractivity contribution is 0.103. The van der Waals surface area contributed by atoms with E-state index in [1.54, 1.807) is 26.0 Å². The minimum atomic E-state index is -3.99. The molecule has 0 bridgehead atoms. The number of carbonyl (C=O) groups excluding carboxylic acids is 1. The van der Waals surface area contributed by atoms with E-state index in [-0.39, 0.29) is 34.1 Å². The van der Waals surface area contributed by atoms with Crippen LogP contribution in [0.3, 0.4) is 0 Å². The fourth-order valence-corrected chi connectivity index (χ4v) is 5.46. The summed E-state index contributed by atoms with van der Waals surface area (Å²) in [5.74, 6) is -0.466. The average molecular weight is 383 g/mol. The molecule has 10 heteroatoms. The predicted molar refractivity (Wildman–Crippen MR) is 93.6 cm³/mol. The Kier molecular flexibility index (Phi) is 4.31. The summed E-state index contributed by atoms with van der Waals surface area (Å²) in [5, 5.41) is 3.13. The van der Waals surface area contributed by atoms with Crippen molar-refractivity contribution in [1.82, 2.24) is 9.44 Å². The lowest BCUT2D eigenvalue weighted by Crippen LogP contribution is -2.26. The molecule has 0 aromatic heterocycles. The number of hydrogen-bond acceptors (Lipinski definition) is 5. The summed E-state index contributed by atoms with van der Waals surface area (Å²) in [4.78, 5) is 11.7. The lowest BCUT2D eigenvalue weighted by Gasteiger charge is -2.14. The van der Waals surface area contributed by atoms with E-state index >= 15 is 0 Å². The third kappa shape index (κ3) is 2.80. The molecule has 0 radical (unpaired) electrons. The number of amides is 1. The minimum absolute atomic E-state index is 0.104. The van der Waals surface area contributed by atoms with E-state index in [1.807, 2.05) is 0 Å². The zero-order valence-corrected chi connectivity index (χ0v) is 15.2. The van der Waals surface area contributed by atoms with Crippen LogP contribution in [0, 0.1) is 0 Å². The van der Waals surface area contributed by atoms with Gasteiger partial charge in [0.1, 0.15) is 4.90 Å². The quantitative estimate of drug-likeness (QED) is 0.687. The molecule has 2 aromatic carbocycles. The first-order valence-electron chi connectivity index (χ1n) is 7.63. The largest absolute Gasteiger partial charge is 0.320 e. The molecule has 25 heavy (non-hydrogen) atoms. The molecule has 1 amide bonds. The van der Waals surface area contributed by atoms with Crippen molar-refractivity contribution in [2.75, 3.05) is 18.4 Å². The normalized spacial score (nSPS) is 14.1. The molecular weight excluding hydrogens is 366 g/mol. The van der Waals surface area contributed by atoms with Gasteiger partial charge in [-0.05, 0) is 12.1 Å². The second-order valence-electron chi connectivity index (χ2n) is 5.43. The van der Waals surface area contributed by atoms with Crippen molar-refractivity contribution >= 4 is 42.4 Å². The van der Waals surface area contributed by atoms with Crippen molar-refractivity contribution in [2.24, 2.45) is 0 Å². The third-order valence-corrected chi connectivity index (χ3v) is 6.97. The molecule has 0 spiro atoms. The van der Waals surface area contributed by atoms with Gasteiger partial charge in [-0.2, -0.15) is 0 Å². The summed E-state index contributed by atoms with van der Waals surface area (Å²) in [7, 11) is -7.93. The smallest absolute Gasteiger partial charge is 0.256 e. The highest BCUT2D eigenvalue weighted by Gasteiger charge is 2.32. The second kappa shape index (κ2) is 6.06. The van der Waals surface area contributed by atoms with Crippen LogP contribution < -0.4 is 14.8 Å². The van der Waals surface area contributed by atoms with Crippen LogP contribution in [0.2, 0.25) is 0 Å². The van der Waals surface area contributed by atoms with Crippen molar-refractivity contribution in [3.05, 3.63) is 29.8 Å². The number of sulfonamides is 2. The molecule has 3 rings (SSSR count). The van der Waals surface area contributed by atoms with Crippen LogP contribution in [0.5, 0.6) is 0 Å². The monoisotopic (exact) mass is 383 g/mol. The van der Waals surface area contributed by atoms with E-state index in [4.69, 9.17) is 0 Å². The SMILES string of the molecule is CCNS(=O)(=O)c1cc(S(=O)(=O)NCC)c2cccc3c2c1NC3=O. The summed E-state index contributed by atoms with van der Waals surface area (Å²) in [6, 6.07) is 5.73. The van der Waals surface area contributed by atoms with Gasteiger partial charge in [0.25, 0.3) is 5.91 Å². The maximum absolute atomic E-state index is 12.6. The lowest BCUT2D eigenvalue weighted by atomic mass is 10.1. The van der Waals surface area contributed by atoms with Gasteiger partial charge in [-0.25, -0.2) is 26.3 Å². The molecule has 1 aliphatic rings. The number of carbonyl (C=O) groups is 1. The standard InChI is InChI=1S/C15H17N3O5S2/c1-3-16-24(20,21)11-8-12(25(22,23)17-4-2)14-13-9(11)6-5-7-10(13)15(19)18-14/h5-8,16-17H,3-4H2,1-2H3,(H,18,19). The van der Waals surface area contributed by atoms with Crippen molar-refractivity contribution in [1.29, 1.82) is 0 Å². The Balaban J connectivity index is 2.47. The summed E-state index contributed by atoms with van der Waals surface area (Å²) in [6.45, 7) is 3.51. The van der Waals surface area contributed by atoms with Crippen LogP contribution >= 0.6 is 0 Å². The van der Waals surface area contributed by atoms with Gasteiger partial charge in [0.2, 0.25) is 20.0 Å². The molecule has 0 saturated carbocycles. The first kappa shape index (κ1) is 17.8. The van der Waals surface area contributed by atoms with Crippen molar-refractivity contribution in [3.63, 3.8) is 0 Å². The maximum atomic E-state index is 12.6. The molecule has 0 aliphatic carbocycles. The Bertz CT molecular complexity index is 1090. The molecule has 8 nitrogen and oxygen atoms in total. The Hall–Kier alpha value is -2.01. The number of hydrogen-bond donors (Lipinski definition) is 3. The zero-order valence-electron chi connectivity index (χ0n) is 13.6. The van der Waals surface area contributed by atoms with E-state index in [9.17, 15) is 21.6 Å².